The van der Waals surface area contributed by atoms with E-state index >= 15 is 0 Å². The number of quaternary nitrogens is 1. The smallest absolute Gasteiger partial charge is 0.219 e. The summed E-state index contributed by atoms with van der Waals surface area (Å²) in [6.45, 7) is 8.93. The standard InChI is InChI=1S/C21H44N2O.C2H6O4S/c1-5-7-8-9-10-11-12-13-14-15-16-18-21(24)22-19-17-20-23(3,4)6-2;1-2-6-7(3,4)5/h5-20H2,1-4H3;2H2,1H3,(H,3,4,5). The third kappa shape index (κ3) is 29.3. The molecule has 1 amide bonds. The molecule has 188 valence electrons. The Kier molecular flexibility index (Phi) is 22.2. The molecule has 1 N–H and O–H groups in total. The maximum atomic E-state index is 11.8. The van der Waals surface area contributed by atoms with Crippen molar-refractivity contribution in [1.82, 2.24) is 5.32 Å². The minimum atomic E-state index is -4.42. The van der Waals surface area contributed by atoms with Gasteiger partial charge in [0.15, 0.2) is 0 Å². The third-order valence-corrected chi connectivity index (χ3v) is 5.91. The van der Waals surface area contributed by atoms with Crippen LogP contribution in [0.2, 0.25) is 0 Å². The van der Waals surface area contributed by atoms with E-state index < -0.39 is 10.4 Å². The fourth-order valence-electron chi connectivity index (χ4n) is 3.08. The number of hydrogen-bond acceptors (Lipinski definition) is 5. The zero-order valence-electron chi connectivity index (χ0n) is 20.9. The Labute approximate surface area is 192 Å². The molecule has 0 heterocycles. The molecule has 0 saturated carbocycles. The second-order valence-electron chi connectivity index (χ2n) is 8.78. The van der Waals surface area contributed by atoms with Gasteiger partial charge >= 0.3 is 0 Å². The second kappa shape index (κ2) is 21.2. The molecule has 0 spiro atoms. The summed E-state index contributed by atoms with van der Waals surface area (Å²) in [5.41, 5.74) is 0. The van der Waals surface area contributed by atoms with Crippen molar-refractivity contribution in [3.8, 4) is 0 Å². The molecule has 0 radical (unpaired) electrons. The van der Waals surface area contributed by atoms with Gasteiger partial charge in [-0.3, -0.25) is 8.98 Å². The maximum Gasteiger partial charge on any atom is 0.219 e. The number of amides is 1. The number of nitrogens with zero attached hydrogens (tertiary/aromatic N) is 1. The van der Waals surface area contributed by atoms with Crippen molar-refractivity contribution < 1.29 is 26.4 Å². The predicted molar refractivity (Wildman–Crippen MR) is 128 cm³/mol. The Morgan fingerprint density at radius 1 is 0.839 bits per heavy atom. The average molecular weight is 467 g/mol. The van der Waals surface area contributed by atoms with E-state index in [1.165, 1.54) is 71.1 Å². The number of carbonyl (C=O) groups excluding carboxylic acids is 1. The largest absolute Gasteiger partial charge is 0.726 e. The molecule has 0 rings (SSSR count). The fourth-order valence-corrected chi connectivity index (χ4v) is 3.36. The Bertz CT molecular complexity index is 510. The number of carbonyl (C=O) groups is 1. The van der Waals surface area contributed by atoms with Crippen LogP contribution in [0.5, 0.6) is 0 Å². The Balaban J connectivity index is 0. The maximum absolute atomic E-state index is 11.8. The first kappa shape index (κ1) is 32.5. The van der Waals surface area contributed by atoms with Crippen LogP contribution in [0.1, 0.15) is 104 Å². The molecule has 31 heavy (non-hydrogen) atoms. The SMILES string of the molecule is CCCCCCCCCCCCCC(=O)NCCC[N+](C)(C)CC.CCOS(=O)(=O)[O-]. The quantitative estimate of drug-likeness (QED) is 0.128. The minimum absolute atomic E-state index is 0.0914. The van der Waals surface area contributed by atoms with Crippen LogP contribution in [0, 0.1) is 0 Å². The lowest BCUT2D eigenvalue weighted by Crippen LogP contribution is -2.41. The summed E-state index contributed by atoms with van der Waals surface area (Å²) in [4.78, 5) is 11.8. The van der Waals surface area contributed by atoms with Gasteiger partial charge < -0.3 is 14.4 Å². The van der Waals surface area contributed by atoms with Crippen molar-refractivity contribution >= 4 is 16.3 Å². The first-order valence-electron chi connectivity index (χ1n) is 12.3. The molecule has 0 aromatic carbocycles. The first-order valence-corrected chi connectivity index (χ1v) is 13.6. The lowest BCUT2D eigenvalue weighted by Gasteiger charge is -2.28. The molecule has 0 unspecified atom stereocenters. The van der Waals surface area contributed by atoms with Crippen molar-refractivity contribution in [3.05, 3.63) is 0 Å². The highest BCUT2D eigenvalue weighted by Crippen LogP contribution is 2.11. The van der Waals surface area contributed by atoms with Crippen molar-refractivity contribution in [2.24, 2.45) is 0 Å². The zero-order valence-corrected chi connectivity index (χ0v) is 21.7. The molecule has 7 nitrogen and oxygen atoms in total. The van der Waals surface area contributed by atoms with Crippen LogP contribution in [0.3, 0.4) is 0 Å². The topological polar surface area (TPSA) is 95.5 Å². The van der Waals surface area contributed by atoms with Gasteiger partial charge in [-0.2, -0.15) is 0 Å². The van der Waals surface area contributed by atoms with Crippen LogP contribution >= 0.6 is 0 Å². The summed E-state index contributed by atoms with van der Waals surface area (Å²) in [5, 5.41) is 3.07. The normalized spacial score (nSPS) is 11.7. The Morgan fingerprint density at radius 2 is 1.32 bits per heavy atom. The van der Waals surface area contributed by atoms with E-state index in [9.17, 15) is 17.8 Å². The lowest BCUT2D eigenvalue weighted by molar-refractivity contribution is -0.888. The van der Waals surface area contributed by atoms with E-state index in [1.54, 1.807) is 0 Å². The van der Waals surface area contributed by atoms with Gasteiger partial charge in [0, 0.05) is 19.4 Å². The molecule has 0 aliphatic heterocycles. The van der Waals surface area contributed by atoms with Gasteiger partial charge in [-0.25, -0.2) is 8.42 Å². The highest BCUT2D eigenvalue weighted by molar-refractivity contribution is 7.80. The summed E-state index contributed by atoms with van der Waals surface area (Å²) >= 11 is 0. The number of unbranched alkanes of at least 4 members (excludes halogenated alkanes) is 10. The summed E-state index contributed by atoms with van der Waals surface area (Å²) in [7, 11) is 0.0620. The first-order chi connectivity index (χ1) is 14.6. The highest BCUT2D eigenvalue weighted by Gasteiger charge is 2.10. The van der Waals surface area contributed by atoms with Gasteiger partial charge in [-0.1, -0.05) is 71.1 Å². The summed E-state index contributed by atoms with van der Waals surface area (Å²) in [5.74, 6) is 0.243. The van der Waals surface area contributed by atoms with Crippen LogP contribution in [0.15, 0.2) is 0 Å². The lowest BCUT2D eigenvalue weighted by atomic mass is 10.1. The van der Waals surface area contributed by atoms with Crippen molar-refractivity contribution in [2.45, 2.75) is 104 Å². The van der Waals surface area contributed by atoms with Crippen LogP contribution in [-0.2, 0) is 19.4 Å². The number of nitrogens with one attached hydrogen (secondary N) is 1. The Morgan fingerprint density at radius 3 is 1.71 bits per heavy atom. The van der Waals surface area contributed by atoms with E-state index in [0.29, 0.717) is 6.42 Å². The second-order valence-corrected chi connectivity index (χ2v) is 9.83. The molecule has 0 fully saturated rings. The van der Waals surface area contributed by atoms with Gasteiger partial charge in [0.25, 0.3) is 0 Å². The summed E-state index contributed by atoms with van der Waals surface area (Å²) < 4.78 is 33.0. The molecule has 8 heteroatoms. The van der Waals surface area contributed by atoms with E-state index in [1.807, 2.05) is 0 Å². The third-order valence-electron chi connectivity index (χ3n) is 5.39. The molecular formula is C23H50N2O5S. The van der Waals surface area contributed by atoms with Crippen LogP contribution in [-0.4, -0.2) is 63.7 Å². The van der Waals surface area contributed by atoms with E-state index in [4.69, 9.17) is 0 Å². The molecule has 0 atom stereocenters. The van der Waals surface area contributed by atoms with E-state index in [0.717, 1.165) is 37.0 Å². The molecular weight excluding hydrogens is 416 g/mol. The van der Waals surface area contributed by atoms with E-state index in [2.05, 4.69) is 37.4 Å². The predicted octanol–water partition coefficient (Wildman–Crippen LogP) is 4.77. The van der Waals surface area contributed by atoms with Gasteiger partial charge in [0.2, 0.25) is 16.3 Å². The summed E-state index contributed by atoms with van der Waals surface area (Å²) in [6, 6.07) is 0. The van der Waals surface area contributed by atoms with Gasteiger partial charge in [-0.15, -0.1) is 0 Å². The minimum Gasteiger partial charge on any atom is -0.726 e. The average Bonchev–Trinajstić information content (AvgIpc) is 2.69. The molecule has 0 aliphatic carbocycles. The number of rotatable bonds is 19. The summed E-state index contributed by atoms with van der Waals surface area (Å²) in [6.07, 6.45) is 16.5. The molecule has 0 bridgehead atoms. The van der Waals surface area contributed by atoms with Gasteiger partial charge in [0.05, 0.1) is 33.8 Å². The van der Waals surface area contributed by atoms with Gasteiger partial charge in [-0.05, 0) is 20.3 Å². The van der Waals surface area contributed by atoms with Crippen molar-refractivity contribution in [3.63, 3.8) is 0 Å². The van der Waals surface area contributed by atoms with E-state index in [-0.39, 0.29) is 12.5 Å². The van der Waals surface area contributed by atoms with Crippen molar-refractivity contribution in [2.75, 3.05) is 40.3 Å². The van der Waals surface area contributed by atoms with Crippen molar-refractivity contribution in [1.29, 1.82) is 0 Å². The molecule has 0 aliphatic rings. The van der Waals surface area contributed by atoms with Crippen LogP contribution < -0.4 is 5.32 Å². The zero-order chi connectivity index (χ0) is 24.0. The molecule has 0 aromatic rings. The fraction of sp³-hybridized carbons (Fsp3) is 0.957. The monoisotopic (exact) mass is 466 g/mol. The van der Waals surface area contributed by atoms with Crippen LogP contribution in [0.4, 0.5) is 0 Å². The van der Waals surface area contributed by atoms with Crippen LogP contribution in [0.25, 0.3) is 0 Å². The highest BCUT2D eigenvalue weighted by atomic mass is 32.3. The number of hydrogen-bond donors (Lipinski definition) is 1. The molecule has 0 aromatic heterocycles. The van der Waals surface area contributed by atoms with Gasteiger partial charge in [0.1, 0.15) is 0 Å². The Hall–Kier alpha value is -0.700. The molecule has 0 saturated heterocycles.